The Kier molecular flexibility index (Phi) is 5.55. The molecule has 4 rings (SSSR count). The summed E-state index contributed by atoms with van der Waals surface area (Å²) in [6.07, 6.45) is 1.40. The summed E-state index contributed by atoms with van der Waals surface area (Å²) in [5, 5.41) is 0.280. The van der Waals surface area contributed by atoms with Gasteiger partial charge in [-0.15, -0.1) is 4.40 Å². The van der Waals surface area contributed by atoms with Crippen LogP contribution in [0.4, 0.5) is 4.39 Å². The number of sulfonamides is 1. The molecular formula is C21H21ClFN3O3S. The molecule has 2 heterocycles. The molecule has 0 spiro atoms. The van der Waals surface area contributed by atoms with Crippen LogP contribution in [0.25, 0.3) is 0 Å². The largest absolute Gasteiger partial charge is 0.355 e. The first kappa shape index (κ1) is 20.8. The molecule has 9 heteroatoms. The van der Waals surface area contributed by atoms with Crippen LogP contribution in [-0.4, -0.2) is 50.1 Å². The average Bonchev–Trinajstić information content (AvgIpc) is 3.01. The van der Waals surface area contributed by atoms with Crippen LogP contribution < -0.4 is 0 Å². The summed E-state index contributed by atoms with van der Waals surface area (Å²) >= 11 is 6.09. The molecule has 1 atom stereocenters. The summed E-state index contributed by atoms with van der Waals surface area (Å²) in [5.41, 5.74) is 0.847. The number of piperidine rings is 1. The second-order valence-electron chi connectivity index (χ2n) is 7.57. The van der Waals surface area contributed by atoms with E-state index in [1.54, 1.807) is 37.4 Å². The zero-order chi connectivity index (χ0) is 21.5. The van der Waals surface area contributed by atoms with Crippen molar-refractivity contribution in [2.45, 2.75) is 24.3 Å². The predicted octanol–water partition coefficient (Wildman–Crippen LogP) is 3.30. The van der Waals surface area contributed by atoms with E-state index in [0.29, 0.717) is 30.9 Å². The number of halogens is 2. The highest BCUT2D eigenvalue weighted by Gasteiger charge is 2.36. The average molecular weight is 450 g/mol. The molecule has 1 amide bonds. The number of benzene rings is 2. The molecule has 0 radical (unpaired) electrons. The molecule has 30 heavy (non-hydrogen) atoms. The number of nitrogens with zero attached hydrogens (tertiary/aromatic N) is 3. The Hall–Kier alpha value is -2.45. The van der Waals surface area contributed by atoms with Crippen molar-refractivity contribution < 1.29 is 17.6 Å². The van der Waals surface area contributed by atoms with Gasteiger partial charge in [0.15, 0.2) is 5.84 Å². The molecule has 158 valence electrons. The molecule has 6 nitrogen and oxygen atoms in total. The van der Waals surface area contributed by atoms with E-state index in [4.69, 9.17) is 11.6 Å². The highest BCUT2D eigenvalue weighted by molar-refractivity contribution is 7.90. The van der Waals surface area contributed by atoms with Gasteiger partial charge in [-0.2, -0.15) is 8.42 Å². The van der Waals surface area contributed by atoms with Crippen molar-refractivity contribution in [3.05, 3.63) is 64.4 Å². The Balaban J connectivity index is 1.51. The van der Waals surface area contributed by atoms with E-state index in [0.717, 1.165) is 6.42 Å². The molecule has 0 saturated carbocycles. The van der Waals surface area contributed by atoms with Gasteiger partial charge < -0.3 is 9.80 Å². The van der Waals surface area contributed by atoms with Crippen LogP contribution >= 0.6 is 11.6 Å². The summed E-state index contributed by atoms with van der Waals surface area (Å²) in [6.45, 7) is 1.05. The number of hydrogen-bond acceptors (Lipinski definition) is 4. The van der Waals surface area contributed by atoms with Gasteiger partial charge in [0.2, 0.25) is 5.91 Å². The molecule has 1 fully saturated rings. The van der Waals surface area contributed by atoms with Crippen LogP contribution in [0, 0.1) is 11.7 Å². The summed E-state index contributed by atoms with van der Waals surface area (Å²) < 4.78 is 42.8. The van der Waals surface area contributed by atoms with E-state index in [-0.39, 0.29) is 33.9 Å². The molecular weight excluding hydrogens is 429 g/mol. The number of rotatable bonds is 3. The fourth-order valence-electron chi connectivity index (χ4n) is 4.00. The maximum atomic E-state index is 14.1. The normalized spacial score (nSPS) is 19.9. The minimum absolute atomic E-state index is 0.0685. The quantitative estimate of drug-likeness (QED) is 0.721. The minimum atomic E-state index is -3.71. The van der Waals surface area contributed by atoms with Gasteiger partial charge >= 0.3 is 0 Å². The Morgan fingerprint density at radius 2 is 2.03 bits per heavy atom. The fraction of sp³-hybridized carbons (Fsp3) is 0.333. The summed E-state index contributed by atoms with van der Waals surface area (Å²) in [7, 11) is -2.09. The summed E-state index contributed by atoms with van der Waals surface area (Å²) in [6, 6.07) is 11.1. The smallest absolute Gasteiger partial charge is 0.285 e. The van der Waals surface area contributed by atoms with E-state index < -0.39 is 15.8 Å². The summed E-state index contributed by atoms with van der Waals surface area (Å²) in [4.78, 5) is 16.6. The second kappa shape index (κ2) is 8.00. The number of likely N-dealkylation sites (tertiary alicyclic amines) is 1. The van der Waals surface area contributed by atoms with Gasteiger partial charge in [-0.25, -0.2) is 4.39 Å². The van der Waals surface area contributed by atoms with E-state index in [2.05, 4.69) is 4.40 Å². The lowest BCUT2D eigenvalue weighted by Crippen LogP contribution is -2.45. The van der Waals surface area contributed by atoms with Gasteiger partial charge in [-0.3, -0.25) is 4.79 Å². The molecule has 2 aliphatic rings. The Morgan fingerprint density at radius 1 is 1.27 bits per heavy atom. The fourth-order valence-corrected chi connectivity index (χ4v) is 5.45. The second-order valence-corrected chi connectivity index (χ2v) is 9.55. The molecule has 2 aromatic carbocycles. The van der Waals surface area contributed by atoms with Crippen molar-refractivity contribution in [1.29, 1.82) is 0 Å². The van der Waals surface area contributed by atoms with Gasteiger partial charge in [-0.05, 0) is 37.1 Å². The molecule has 0 bridgehead atoms. The van der Waals surface area contributed by atoms with Gasteiger partial charge in [0.1, 0.15) is 10.7 Å². The van der Waals surface area contributed by atoms with Crippen LogP contribution in [0.2, 0.25) is 5.02 Å². The maximum absolute atomic E-state index is 14.1. The minimum Gasteiger partial charge on any atom is -0.355 e. The third-order valence-electron chi connectivity index (χ3n) is 5.52. The number of fused-ring (bicyclic) bond motifs is 1. The summed E-state index contributed by atoms with van der Waals surface area (Å²) in [5.74, 6) is -0.529. The lowest BCUT2D eigenvalue weighted by Gasteiger charge is -2.35. The van der Waals surface area contributed by atoms with E-state index in [1.807, 2.05) is 4.90 Å². The van der Waals surface area contributed by atoms with Crippen molar-refractivity contribution in [3.8, 4) is 0 Å². The highest BCUT2D eigenvalue weighted by Crippen LogP contribution is 2.30. The first-order valence-electron chi connectivity index (χ1n) is 9.65. The van der Waals surface area contributed by atoms with Gasteiger partial charge in [-0.1, -0.05) is 29.8 Å². The third-order valence-corrected chi connectivity index (χ3v) is 7.20. The van der Waals surface area contributed by atoms with Crippen molar-refractivity contribution >= 4 is 33.4 Å². The molecule has 0 N–H and O–H groups in total. The van der Waals surface area contributed by atoms with Crippen molar-refractivity contribution in [2.24, 2.45) is 10.3 Å². The molecule has 0 aliphatic carbocycles. The lowest BCUT2D eigenvalue weighted by atomic mass is 9.95. The number of hydrogen-bond donors (Lipinski definition) is 0. The lowest BCUT2D eigenvalue weighted by molar-refractivity contribution is -0.136. The predicted molar refractivity (Wildman–Crippen MR) is 112 cm³/mol. The van der Waals surface area contributed by atoms with Crippen molar-refractivity contribution in [3.63, 3.8) is 0 Å². The molecule has 0 aromatic heterocycles. The zero-order valence-corrected chi connectivity index (χ0v) is 18.0. The first-order valence-corrected chi connectivity index (χ1v) is 11.5. The Labute approximate surface area is 180 Å². The van der Waals surface area contributed by atoms with Crippen molar-refractivity contribution in [1.82, 2.24) is 9.80 Å². The molecule has 1 saturated heterocycles. The zero-order valence-electron chi connectivity index (χ0n) is 16.4. The van der Waals surface area contributed by atoms with Crippen molar-refractivity contribution in [2.75, 3.05) is 20.1 Å². The molecule has 2 aliphatic heterocycles. The van der Waals surface area contributed by atoms with Crippen LogP contribution in [-0.2, 0) is 21.4 Å². The van der Waals surface area contributed by atoms with E-state index in [9.17, 15) is 17.6 Å². The Morgan fingerprint density at radius 3 is 2.80 bits per heavy atom. The van der Waals surface area contributed by atoms with Gasteiger partial charge in [0.25, 0.3) is 10.0 Å². The number of amides is 1. The number of amidine groups is 1. The molecule has 1 unspecified atom stereocenters. The third kappa shape index (κ3) is 3.81. The monoisotopic (exact) mass is 449 g/mol. The van der Waals surface area contributed by atoms with Crippen LogP contribution in [0.15, 0.2) is 51.8 Å². The maximum Gasteiger partial charge on any atom is 0.285 e. The van der Waals surface area contributed by atoms with Gasteiger partial charge in [0.05, 0.1) is 5.92 Å². The van der Waals surface area contributed by atoms with E-state index in [1.165, 1.54) is 17.0 Å². The Bertz CT molecular complexity index is 1120. The van der Waals surface area contributed by atoms with Crippen LogP contribution in [0.1, 0.15) is 24.0 Å². The van der Waals surface area contributed by atoms with Crippen LogP contribution in [0.3, 0.4) is 0 Å². The van der Waals surface area contributed by atoms with Gasteiger partial charge in [0, 0.05) is 42.8 Å². The SMILES string of the molecule is CN(Cc1c(F)cccc1Cl)C(=O)C1CCCN(C2=NS(=O)(=O)c3ccccc32)C1. The topological polar surface area (TPSA) is 70.1 Å². The number of carbonyl (C=O) groups is 1. The highest BCUT2D eigenvalue weighted by atomic mass is 35.5. The first-order chi connectivity index (χ1) is 14.3. The van der Waals surface area contributed by atoms with E-state index >= 15 is 0 Å². The standard InChI is InChI=1S/C21H21ClFN3O3S/c1-25(13-16-17(22)8-4-9-18(16)23)21(27)14-6-5-11-26(12-14)20-15-7-2-3-10-19(15)30(28,29)24-20/h2-4,7-10,14H,5-6,11-13H2,1H3. The number of carbonyl (C=O) groups excluding carboxylic acids is 1. The molecule has 2 aromatic rings. The van der Waals surface area contributed by atoms with Crippen LogP contribution in [0.5, 0.6) is 0 Å².